The molecule has 7 heteroatoms. The minimum atomic E-state index is 0.402. The first-order valence-corrected chi connectivity index (χ1v) is 7.65. The van der Waals surface area contributed by atoms with E-state index in [0.29, 0.717) is 22.5 Å². The molecule has 0 saturated carbocycles. The second kappa shape index (κ2) is 6.89. The van der Waals surface area contributed by atoms with E-state index in [0.717, 1.165) is 37.6 Å². The van der Waals surface area contributed by atoms with E-state index in [1.165, 1.54) is 12.6 Å². The molecule has 2 aromatic heterocycles. The molecule has 1 atom stereocenters. The average Bonchev–Trinajstić information content (AvgIpc) is 2.56. The van der Waals surface area contributed by atoms with Gasteiger partial charge in [0.1, 0.15) is 11.6 Å². The lowest BCUT2D eigenvalue weighted by atomic mass is 10.0. The first kappa shape index (κ1) is 15.0. The Balaban J connectivity index is 1.73. The molecule has 1 fully saturated rings. The van der Waals surface area contributed by atoms with Crippen molar-refractivity contribution in [1.29, 1.82) is 0 Å². The number of hydrogen-bond acceptors (Lipinski definition) is 6. The molecule has 0 radical (unpaired) electrons. The molecule has 3 heterocycles. The zero-order chi connectivity index (χ0) is 15.4. The van der Waals surface area contributed by atoms with Crippen molar-refractivity contribution < 1.29 is 4.74 Å². The molecule has 116 valence electrons. The molecule has 3 N–H and O–H groups in total. The highest BCUT2D eigenvalue weighted by Crippen LogP contribution is 2.27. The Kier molecular flexibility index (Phi) is 4.70. The molecule has 0 bridgehead atoms. The predicted octanol–water partition coefficient (Wildman–Crippen LogP) is 2.61. The first-order valence-electron chi connectivity index (χ1n) is 7.27. The summed E-state index contributed by atoms with van der Waals surface area (Å²) >= 11 is 6.16. The van der Waals surface area contributed by atoms with E-state index in [1.807, 2.05) is 0 Å². The van der Waals surface area contributed by atoms with Crippen LogP contribution in [0.15, 0.2) is 24.7 Å². The Bertz CT molecular complexity index is 646. The molecule has 2 aromatic rings. The van der Waals surface area contributed by atoms with Crippen LogP contribution < -0.4 is 11.1 Å². The number of hydrogen-bond donors (Lipinski definition) is 2. The van der Waals surface area contributed by atoms with Crippen LogP contribution in [-0.2, 0) is 4.74 Å². The van der Waals surface area contributed by atoms with Crippen molar-refractivity contribution in [2.75, 3.05) is 30.8 Å². The highest BCUT2D eigenvalue weighted by molar-refractivity contribution is 6.33. The summed E-state index contributed by atoms with van der Waals surface area (Å²) < 4.78 is 5.48. The molecule has 0 aliphatic carbocycles. The van der Waals surface area contributed by atoms with Crippen molar-refractivity contribution in [2.24, 2.45) is 5.92 Å². The van der Waals surface area contributed by atoms with Gasteiger partial charge in [0.2, 0.25) is 0 Å². The number of nitrogen functional groups attached to an aromatic ring is 1. The monoisotopic (exact) mass is 319 g/mol. The fraction of sp³-hybridized carbons (Fsp3) is 0.400. The van der Waals surface area contributed by atoms with Crippen LogP contribution in [0.1, 0.15) is 12.8 Å². The summed E-state index contributed by atoms with van der Waals surface area (Å²) in [4.78, 5) is 12.7. The van der Waals surface area contributed by atoms with Gasteiger partial charge in [-0.25, -0.2) is 9.97 Å². The van der Waals surface area contributed by atoms with Crippen molar-refractivity contribution in [2.45, 2.75) is 12.8 Å². The molecule has 0 aromatic carbocycles. The molecule has 6 nitrogen and oxygen atoms in total. The SMILES string of the molecule is Nc1cc(-c2cncc(NCC3CCCOC3)n2)c(Cl)cn1. The first-order chi connectivity index (χ1) is 10.7. The van der Waals surface area contributed by atoms with Gasteiger partial charge in [0.25, 0.3) is 0 Å². The van der Waals surface area contributed by atoms with Gasteiger partial charge < -0.3 is 15.8 Å². The zero-order valence-electron chi connectivity index (χ0n) is 12.1. The predicted molar refractivity (Wildman–Crippen MR) is 86.7 cm³/mol. The molecule has 0 spiro atoms. The topological polar surface area (TPSA) is 86.0 Å². The third kappa shape index (κ3) is 3.64. The van der Waals surface area contributed by atoms with Crippen LogP contribution in [0.25, 0.3) is 11.3 Å². The third-order valence-electron chi connectivity index (χ3n) is 3.61. The Labute approximate surface area is 134 Å². The minimum absolute atomic E-state index is 0.402. The lowest BCUT2D eigenvalue weighted by molar-refractivity contribution is 0.0595. The lowest BCUT2D eigenvalue weighted by Crippen LogP contribution is -2.24. The van der Waals surface area contributed by atoms with Gasteiger partial charge >= 0.3 is 0 Å². The van der Waals surface area contributed by atoms with Crippen molar-refractivity contribution >= 4 is 23.2 Å². The molecule has 1 aliphatic heterocycles. The molecule has 1 unspecified atom stereocenters. The number of aromatic nitrogens is 3. The normalized spacial score (nSPS) is 18.1. The maximum atomic E-state index is 6.16. The Morgan fingerprint density at radius 3 is 3.09 bits per heavy atom. The van der Waals surface area contributed by atoms with E-state index in [4.69, 9.17) is 22.1 Å². The maximum absolute atomic E-state index is 6.16. The quantitative estimate of drug-likeness (QED) is 0.901. The second-order valence-corrected chi connectivity index (χ2v) is 5.75. The summed E-state index contributed by atoms with van der Waals surface area (Å²) in [6, 6.07) is 1.70. The molecule has 1 aliphatic rings. The number of pyridine rings is 1. The van der Waals surface area contributed by atoms with Gasteiger partial charge in [0.15, 0.2) is 0 Å². The highest BCUT2D eigenvalue weighted by Gasteiger charge is 2.14. The van der Waals surface area contributed by atoms with Gasteiger partial charge in [-0.1, -0.05) is 11.6 Å². The molecule has 3 rings (SSSR count). The molecular weight excluding hydrogens is 302 g/mol. The summed E-state index contributed by atoms with van der Waals surface area (Å²) in [6.07, 6.45) is 7.17. The number of nitrogens with two attached hydrogens (primary N) is 1. The van der Waals surface area contributed by atoms with Gasteiger partial charge in [-0.3, -0.25) is 4.98 Å². The van der Waals surface area contributed by atoms with E-state index in [1.54, 1.807) is 18.5 Å². The van der Waals surface area contributed by atoms with Gasteiger partial charge in [0.05, 0.1) is 29.7 Å². The van der Waals surface area contributed by atoms with Crippen LogP contribution in [0.2, 0.25) is 5.02 Å². The van der Waals surface area contributed by atoms with E-state index >= 15 is 0 Å². The summed E-state index contributed by atoms with van der Waals surface area (Å²) in [6.45, 7) is 2.49. The molecule has 22 heavy (non-hydrogen) atoms. The van der Waals surface area contributed by atoms with Crippen LogP contribution in [0, 0.1) is 5.92 Å². The van der Waals surface area contributed by atoms with Gasteiger partial charge in [0, 0.05) is 24.9 Å². The van der Waals surface area contributed by atoms with E-state index < -0.39 is 0 Å². The van der Waals surface area contributed by atoms with Crippen LogP contribution in [-0.4, -0.2) is 34.7 Å². The van der Waals surface area contributed by atoms with E-state index in [9.17, 15) is 0 Å². The Hall–Kier alpha value is -1.92. The standard InChI is InChI=1S/C15H18ClN5O/c16-12-6-19-14(17)4-11(12)13-7-18-8-15(21-13)20-5-10-2-1-3-22-9-10/h4,6-8,10H,1-3,5,9H2,(H2,17,19)(H,20,21). The van der Waals surface area contributed by atoms with E-state index in [2.05, 4.69) is 20.3 Å². The highest BCUT2D eigenvalue weighted by atomic mass is 35.5. The summed E-state index contributed by atoms with van der Waals surface area (Å²) in [5, 5.41) is 3.82. The molecular formula is C15H18ClN5O. The number of nitrogens with one attached hydrogen (secondary N) is 1. The van der Waals surface area contributed by atoms with Crippen molar-refractivity contribution in [3.05, 3.63) is 29.7 Å². The zero-order valence-corrected chi connectivity index (χ0v) is 12.9. The number of nitrogens with zero attached hydrogens (tertiary/aromatic N) is 3. The van der Waals surface area contributed by atoms with E-state index in [-0.39, 0.29) is 0 Å². The lowest BCUT2D eigenvalue weighted by Gasteiger charge is -2.22. The number of ether oxygens (including phenoxy) is 1. The number of rotatable bonds is 4. The molecule has 0 amide bonds. The fourth-order valence-electron chi connectivity index (χ4n) is 2.45. The summed E-state index contributed by atoms with van der Waals surface area (Å²) in [5.41, 5.74) is 7.11. The Morgan fingerprint density at radius 2 is 2.27 bits per heavy atom. The average molecular weight is 320 g/mol. The van der Waals surface area contributed by atoms with Crippen molar-refractivity contribution in [3.8, 4) is 11.3 Å². The summed E-state index contributed by atoms with van der Waals surface area (Å²) in [7, 11) is 0. The van der Waals surface area contributed by atoms with Crippen LogP contribution in [0.3, 0.4) is 0 Å². The van der Waals surface area contributed by atoms with Gasteiger partial charge in [-0.05, 0) is 24.8 Å². The van der Waals surface area contributed by atoms with Crippen LogP contribution >= 0.6 is 11.6 Å². The van der Waals surface area contributed by atoms with Gasteiger partial charge in [-0.15, -0.1) is 0 Å². The number of anilines is 2. The van der Waals surface area contributed by atoms with Crippen molar-refractivity contribution in [3.63, 3.8) is 0 Å². The Morgan fingerprint density at radius 1 is 1.36 bits per heavy atom. The van der Waals surface area contributed by atoms with Gasteiger partial charge in [-0.2, -0.15) is 0 Å². The fourth-order valence-corrected chi connectivity index (χ4v) is 2.65. The largest absolute Gasteiger partial charge is 0.384 e. The molecule has 1 saturated heterocycles. The number of halogens is 1. The van der Waals surface area contributed by atoms with Crippen LogP contribution in [0.5, 0.6) is 0 Å². The maximum Gasteiger partial charge on any atom is 0.145 e. The van der Waals surface area contributed by atoms with Crippen LogP contribution in [0.4, 0.5) is 11.6 Å². The van der Waals surface area contributed by atoms with Crippen molar-refractivity contribution in [1.82, 2.24) is 15.0 Å². The smallest absolute Gasteiger partial charge is 0.145 e. The second-order valence-electron chi connectivity index (χ2n) is 5.34. The third-order valence-corrected chi connectivity index (χ3v) is 3.91. The summed E-state index contributed by atoms with van der Waals surface area (Å²) in [5.74, 6) is 1.63. The minimum Gasteiger partial charge on any atom is -0.384 e.